The Bertz CT molecular complexity index is 348. The minimum absolute atomic E-state index is 0.175. The highest BCUT2D eigenvalue weighted by atomic mass is 16.2. The van der Waals surface area contributed by atoms with Crippen molar-refractivity contribution in [1.29, 1.82) is 0 Å². The minimum Gasteiger partial charge on any atom is -0.383 e. The first-order valence-corrected chi connectivity index (χ1v) is 6.36. The Morgan fingerprint density at radius 1 is 1.38 bits per heavy atom. The highest BCUT2D eigenvalue weighted by molar-refractivity contribution is 5.97. The van der Waals surface area contributed by atoms with Crippen LogP contribution in [0, 0.1) is 17.8 Å². The number of carbonyl (C=O) groups excluding carboxylic acids is 1. The maximum Gasteiger partial charge on any atom is 0.249 e. The van der Waals surface area contributed by atoms with Crippen molar-refractivity contribution in [3.63, 3.8) is 0 Å². The van der Waals surface area contributed by atoms with E-state index in [0.29, 0.717) is 12.0 Å². The Kier molecular flexibility index (Phi) is 2.23. The van der Waals surface area contributed by atoms with Gasteiger partial charge in [-0.2, -0.15) is 0 Å². The van der Waals surface area contributed by atoms with Crippen molar-refractivity contribution in [2.45, 2.75) is 31.7 Å². The summed E-state index contributed by atoms with van der Waals surface area (Å²) in [5, 5.41) is 3.21. The number of nitrogens with one attached hydrogen (secondary N) is 1. The fraction of sp³-hybridized carbons (Fsp3) is 0.769. The molecular weight excluding hydrogens is 200 g/mol. The van der Waals surface area contributed by atoms with E-state index in [1.54, 1.807) is 0 Å². The summed E-state index contributed by atoms with van der Waals surface area (Å²) in [6, 6.07) is 0.450. The lowest BCUT2D eigenvalue weighted by atomic mass is 9.95. The van der Waals surface area contributed by atoms with Gasteiger partial charge in [-0.05, 0) is 24.7 Å². The van der Waals surface area contributed by atoms with Gasteiger partial charge in [0, 0.05) is 37.8 Å². The standard InChI is InChI=1S/C13H20N2O/c1-15(2)7-11-10-6-8-4-3-5-9(8)12(10)14-13(11)16/h7-10,12H,3-6H2,1-2H3,(H,14,16)/t8-,9-,10+,12+/m0/s1. The molecule has 0 unspecified atom stereocenters. The molecule has 1 aliphatic heterocycles. The molecule has 3 heteroatoms. The lowest BCUT2D eigenvalue weighted by molar-refractivity contribution is -0.116. The summed E-state index contributed by atoms with van der Waals surface area (Å²) in [5.41, 5.74) is 1.02. The Morgan fingerprint density at radius 3 is 2.94 bits per heavy atom. The van der Waals surface area contributed by atoms with Crippen LogP contribution in [0.1, 0.15) is 25.7 Å². The molecule has 1 saturated heterocycles. The van der Waals surface area contributed by atoms with E-state index in [1.165, 1.54) is 25.7 Å². The average molecular weight is 220 g/mol. The quantitative estimate of drug-likeness (QED) is 0.677. The SMILES string of the molecule is CN(C)C=C1C(=O)N[C@@H]2[C@H]3CCC[C@H]3C[C@H]12. The molecule has 1 N–H and O–H groups in total. The van der Waals surface area contributed by atoms with Gasteiger partial charge in [0.25, 0.3) is 0 Å². The molecule has 4 atom stereocenters. The molecule has 3 rings (SSSR count). The Morgan fingerprint density at radius 2 is 2.19 bits per heavy atom. The molecule has 3 aliphatic rings. The second-order valence-electron chi connectivity index (χ2n) is 5.74. The summed E-state index contributed by atoms with van der Waals surface area (Å²) in [5.74, 6) is 2.31. The maximum atomic E-state index is 11.9. The van der Waals surface area contributed by atoms with Crippen LogP contribution in [0.2, 0.25) is 0 Å². The Balaban J connectivity index is 1.87. The van der Waals surface area contributed by atoms with E-state index in [-0.39, 0.29) is 5.91 Å². The van der Waals surface area contributed by atoms with Crippen LogP contribution in [0.25, 0.3) is 0 Å². The third-order valence-electron chi connectivity index (χ3n) is 4.53. The molecule has 0 aromatic carbocycles. The van der Waals surface area contributed by atoms with Gasteiger partial charge in [-0.15, -0.1) is 0 Å². The third-order valence-corrected chi connectivity index (χ3v) is 4.53. The van der Waals surface area contributed by atoms with Crippen LogP contribution in [0.5, 0.6) is 0 Å². The topological polar surface area (TPSA) is 32.3 Å². The molecule has 0 radical (unpaired) electrons. The summed E-state index contributed by atoms with van der Waals surface area (Å²) >= 11 is 0. The molecule has 0 bridgehead atoms. The van der Waals surface area contributed by atoms with Crippen molar-refractivity contribution in [2.75, 3.05) is 14.1 Å². The maximum absolute atomic E-state index is 11.9. The Hall–Kier alpha value is -0.990. The predicted molar refractivity (Wildman–Crippen MR) is 62.6 cm³/mol. The first kappa shape index (κ1) is 10.2. The monoisotopic (exact) mass is 220 g/mol. The number of rotatable bonds is 1. The van der Waals surface area contributed by atoms with Crippen LogP contribution < -0.4 is 5.32 Å². The highest BCUT2D eigenvalue weighted by Gasteiger charge is 2.51. The van der Waals surface area contributed by atoms with Crippen molar-refractivity contribution in [3.05, 3.63) is 11.8 Å². The normalized spacial score (nSPS) is 43.4. The van der Waals surface area contributed by atoms with Crippen LogP contribution >= 0.6 is 0 Å². The second-order valence-corrected chi connectivity index (χ2v) is 5.74. The molecule has 16 heavy (non-hydrogen) atoms. The summed E-state index contributed by atoms with van der Waals surface area (Å²) in [6.45, 7) is 0. The molecule has 1 heterocycles. The average Bonchev–Trinajstić information content (AvgIpc) is 2.82. The summed E-state index contributed by atoms with van der Waals surface area (Å²) in [7, 11) is 3.98. The van der Waals surface area contributed by atoms with Crippen LogP contribution in [-0.4, -0.2) is 30.9 Å². The number of nitrogens with zero attached hydrogens (tertiary/aromatic N) is 1. The van der Waals surface area contributed by atoms with Gasteiger partial charge < -0.3 is 10.2 Å². The molecule has 2 saturated carbocycles. The van der Waals surface area contributed by atoms with Crippen molar-refractivity contribution >= 4 is 5.91 Å². The lowest BCUT2D eigenvalue weighted by Gasteiger charge is -2.16. The van der Waals surface area contributed by atoms with E-state index in [2.05, 4.69) is 5.32 Å². The number of carbonyl (C=O) groups is 1. The predicted octanol–water partition coefficient (Wildman–Crippen LogP) is 1.37. The van der Waals surface area contributed by atoms with Gasteiger partial charge >= 0.3 is 0 Å². The van der Waals surface area contributed by atoms with Crippen molar-refractivity contribution in [1.82, 2.24) is 10.2 Å². The molecule has 3 nitrogen and oxygen atoms in total. The lowest BCUT2D eigenvalue weighted by Crippen LogP contribution is -2.32. The molecule has 2 aliphatic carbocycles. The summed E-state index contributed by atoms with van der Waals surface area (Å²) < 4.78 is 0. The first-order chi connectivity index (χ1) is 7.66. The molecule has 0 aromatic heterocycles. The van der Waals surface area contributed by atoms with Gasteiger partial charge in [0.1, 0.15) is 0 Å². The largest absolute Gasteiger partial charge is 0.383 e. The fourth-order valence-corrected chi connectivity index (χ4v) is 3.97. The Labute approximate surface area is 96.9 Å². The zero-order valence-electron chi connectivity index (χ0n) is 10.1. The van der Waals surface area contributed by atoms with E-state index in [0.717, 1.165) is 17.4 Å². The first-order valence-electron chi connectivity index (χ1n) is 6.36. The van der Waals surface area contributed by atoms with Crippen LogP contribution in [0.4, 0.5) is 0 Å². The number of hydrogen-bond acceptors (Lipinski definition) is 2. The molecule has 1 amide bonds. The van der Waals surface area contributed by atoms with E-state index >= 15 is 0 Å². The van der Waals surface area contributed by atoms with Crippen molar-refractivity contribution < 1.29 is 4.79 Å². The van der Waals surface area contributed by atoms with Gasteiger partial charge in [-0.25, -0.2) is 0 Å². The van der Waals surface area contributed by atoms with Gasteiger partial charge in [0.15, 0.2) is 0 Å². The van der Waals surface area contributed by atoms with Crippen molar-refractivity contribution in [2.24, 2.45) is 17.8 Å². The molecule has 0 spiro atoms. The smallest absolute Gasteiger partial charge is 0.249 e. The zero-order valence-corrected chi connectivity index (χ0v) is 10.1. The summed E-state index contributed by atoms with van der Waals surface area (Å²) in [6.07, 6.45) is 7.31. The third kappa shape index (κ3) is 1.37. The molecule has 3 fully saturated rings. The number of hydrogen-bond donors (Lipinski definition) is 1. The van der Waals surface area contributed by atoms with E-state index in [9.17, 15) is 4.79 Å². The highest BCUT2D eigenvalue weighted by Crippen LogP contribution is 2.51. The fourth-order valence-electron chi connectivity index (χ4n) is 3.97. The number of fused-ring (bicyclic) bond motifs is 3. The number of amides is 1. The van der Waals surface area contributed by atoms with Gasteiger partial charge in [-0.3, -0.25) is 4.79 Å². The molecular formula is C13H20N2O. The van der Waals surface area contributed by atoms with Gasteiger partial charge in [0.05, 0.1) is 0 Å². The van der Waals surface area contributed by atoms with Crippen molar-refractivity contribution in [3.8, 4) is 0 Å². The van der Waals surface area contributed by atoms with E-state index in [4.69, 9.17) is 0 Å². The van der Waals surface area contributed by atoms with Gasteiger partial charge in [-0.1, -0.05) is 12.8 Å². The minimum atomic E-state index is 0.175. The second kappa shape index (κ2) is 3.51. The van der Waals surface area contributed by atoms with Crippen LogP contribution in [0.3, 0.4) is 0 Å². The molecule has 0 aromatic rings. The van der Waals surface area contributed by atoms with E-state index < -0.39 is 0 Å². The summed E-state index contributed by atoms with van der Waals surface area (Å²) in [4.78, 5) is 13.9. The van der Waals surface area contributed by atoms with Crippen LogP contribution in [0.15, 0.2) is 11.8 Å². The van der Waals surface area contributed by atoms with E-state index in [1.807, 2.05) is 25.2 Å². The van der Waals surface area contributed by atoms with Gasteiger partial charge in [0.2, 0.25) is 5.91 Å². The van der Waals surface area contributed by atoms with Crippen LogP contribution in [-0.2, 0) is 4.79 Å². The zero-order chi connectivity index (χ0) is 11.3. The molecule has 88 valence electrons.